The number of nitrogens with two attached hydrogens (primary N) is 2. The Morgan fingerprint density at radius 3 is 1.82 bits per heavy atom. The summed E-state index contributed by atoms with van der Waals surface area (Å²) >= 11 is 0. The Kier molecular flexibility index (Phi) is 16.8. The maximum absolute atomic E-state index is 10.2. The second-order valence-electron chi connectivity index (χ2n) is 7.25. The van der Waals surface area contributed by atoms with E-state index >= 15 is 0 Å². The van der Waals surface area contributed by atoms with Gasteiger partial charge in [-0.05, 0) is 45.7 Å². The molecule has 0 heterocycles. The zero-order valence-electron chi connectivity index (χ0n) is 18.1. The van der Waals surface area contributed by atoms with Crippen LogP contribution in [0, 0.1) is 0 Å². The Bertz CT molecular complexity index is 448. The molecule has 28 heavy (non-hydrogen) atoms. The van der Waals surface area contributed by atoms with E-state index in [4.69, 9.17) is 11.5 Å². The van der Waals surface area contributed by atoms with Gasteiger partial charge in [-0.2, -0.15) is 0 Å². The van der Waals surface area contributed by atoms with Crippen molar-refractivity contribution in [1.29, 1.82) is 0 Å². The van der Waals surface area contributed by atoms with Crippen molar-refractivity contribution in [3.05, 3.63) is 24.3 Å². The summed E-state index contributed by atoms with van der Waals surface area (Å²) in [5.41, 5.74) is 10.7. The maximum atomic E-state index is 10.2. The van der Waals surface area contributed by atoms with E-state index in [0.29, 0.717) is 13.1 Å². The number of hydrogen-bond acceptors (Lipinski definition) is 5. The number of aliphatic hydroxyl groups is 2. The summed E-state index contributed by atoms with van der Waals surface area (Å²) < 4.78 is 0. The average molecular weight is 398 g/mol. The summed E-state index contributed by atoms with van der Waals surface area (Å²) in [6.07, 6.45) is 11.8. The van der Waals surface area contributed by atoms with Crippen molar-refractivity contribution in [1.82, 2.24) is 9.80 Å². The number of unbranched alkanes of at least 4 members (excludes halogenated alkanes) is 1. The van der Waals surface area contributed by atoms with E-state index in [1.165, 1.54) is 0 Å². The molecule has 0 aliphatic rings. The SMILES string of the molecule is CCC=CCN(CCCCN(CC=CCC)CC(O)CN=C(N)N)CC(C)O. The summed E-state index contributed by atoms with van der Waals surface area (Å²) in [6.45, 7) is 11.1. The van der Waals surface area contributed by atoms with Crippen LogP contribution in [0.2, 0.25) is 0 Å². The van der Waals surface area contributed by atoms with Crippen molar-refractivity contribution in [3.63, 3.8) is 0 Å². The van der Waals surface area contributed by atoms with Gasteiger partial charge < -0.3 is 21.7 Å². The summed E-state index contributed by atoms with van der Waals surface area (Å²) in [5, 5.41) is 19.9. The minimum absolute atomic E-state index is 0.00630. The topological polar surface area (TPSA) is 111 Å². The van der Waals surface area contributed by atoms with Gasteiger partial charge >= 0.3 is 0 Å². The average Bonchev–Trinajstić information content (AvgIpc) is 2.63. The molecule has 0 fully saturated rings. The van der Waals surface area contributed by atoms with E-state index < -0.39 is 6.10 Å². The van der Waals surface area contributed by atoms with Gasteiger partial charge in [0.05, 0.1) is 18.8 Å². The van der Waals surface area contributed by atoms with Gasteiger partial charge in [0.25, 0.3) is 0 Å². The molecule has 7 nitrogen and oxygen atoms in total. The number of aliphatic hydroxyl groups excluding tert-OH is 2. The molecular weight excluding hydrogens is 354 g/mol. The fourth-order valence-electron chi connectivity index (χ4n) is 2.91. The highest BCUT2D eigenvalue weighted by Crippen LogP contribution is 2.03. The summed E-state index contributed by atoms with van der Waals surface area (Å²) in [4.78, 5) is 8.41. The highest BCUT2D eigenvalue weighted by molar-refractivity contribution is 5.75. The van der Waals surface area contributed by atoms with Crippen molar-refractivity contribution in [2.45, 2.75) is 58.7 Å². The van der Waals surface area contributed by atoms with Crippen LogP contribution in [0.4, 0.5) is 0 Å². The van der Waals surface area contributed by atoms with Crippen LogP contribution in [0.3, 0.4) is 0 Å². The fraction of sp³-hybridized carbons (Fsp3) is 0.762. The van der Waals surface area contributed by atoms with Crippen LogP contribution in [-0.2, 0) is 0 Å². The number of nitrogens with zero attached hydrogens (tertiary/aromatic N) is 3. The highest BCUT2D eigenvalue weighted by atomic mass is 16.3. The van der Waals surface area contributed by atoms with Crippen molar-refractivity contribution in [3.8, 4) is 0 Å². The molecule has 0 spiro atoms. The Balaban J connectivity index is 4.45. The van der Waals surface area contributed by atoms with Crippen molar-refractivity contribution >= 4 is 5.96 Å². The minimum atomic E-state index is -0.581. The van der Waals surface area contributed by atoms with E-state index in [1.807, 2.05) is 6.92 Å². The van der Waals surface area contributed by atoms with E-state index in [0.717, 1.165) is 51.9 Å². The first-order chi connectivity index (χ1) is 13.4. The molecule has 0 aromatic heterocycles. The quantitative estimate of drug-likeness (QED) is 0.127. The normalized spacial score (nSPS) is 14.4. The highest BCUT2D eigenvalue weighted by Gasteiger charge is 2.11. The zero-order valence-corrected chi connectivity index (χ0v) is 18.1. The number of rotatable bonds is 17. The monoisotopic (exact) mass is 397 g/mol. The summed E-state index contributed by atoms with van der Waals surface area (Å²) in [6, 6.07) is 0. The molecule has 0 aromatic rings. The summed E-state index contributed by atoms with van der Waals surface area (Å²) in [5.74, 6) is 0.00630. The van der Waals surface area contributed by atoms with E-state index in [1.54, 1.807) is 0 Å². The van der Waals surface area contributed by atoms with E-state index in [2.05, 4.69) is 52.9 Å². The van der Waals surface area contributed by atoms with Crippen LogP contribution in [-0.4, -0.2) is 84.0 Å². The van der Waals surface area contributed by atoms with Gasteiger partial charge in [-0.3, -0.25) is 14.8 Å². The van der Waals surface area contributed by atoms with Crippen LogP contribution in [0.1, 0.15) is 46.5 Å². The van der Waals surface area contributed by atoms with E-state index in [9.17, 15) is 10.2 Å². The second kappa shape index (κ2) is 17.7. The smallest absolute Gasteiger partial charge is 0.185 e. The molecule has 0 aromatic carbocycles. The van der Waals surface area contributed by atoms with Crippen LogP contribution in [0.25, 0.3) is 0 Å². The molecule has 0 aliphatic carbocycles. The molecule has 2 atom stereocenters. The van der Waals surface area contributed by atoms with Gasteiger partial charge in [-0.1, -0.05) is 38.2 Å². The lowest BCUT2D eigenvalue weighted by molar-refractivity contribution is 0.119. The van der Waals surface area contributed by atoms with Gasteiger partial charge in [0, 0.05) is 26.2 Å². The molecule has 7 heteroatoms. The Morgan fingerprint density at radius 1 is 0.893 bits per heavy atom. The predicted octanol–water partition coefficient (Wildman–Crippen LogP) is 1.32. The Labute approximate surface area is 171 Å². The molecular formula is C21H43N5O2. The Hall–Kier alpha value is -1.41. The van der Waals surface area contributed by atoms with Crippen molar-refractivity contribution in [2.24, 2.45) is 16.5 Å². The molecule has 0 bridgehead atoms. The molecule has 0 saturated carbocycles. The summed E-state index contributed by atoms with van der Waals surface area (Å²) in [7, 11) is 0. The third-order valence-corrected chi connectivity index (χ3v) is 4.21. The predicted molar refractivity (Wildman–Crippen MR) is 119 cm³/mol. The number of hydrogen-bond donors (Lipinski definition) is 4. The fourth-order valence-corrected chi connectivity index (χ4v) is 2.91. The number of allylic oxidation sites excluding steroid dienone is 2. The van der Waals surface area contributed by atoms with Gasteiger partial charge in [-0.15, -0.1) is 0 Å². The molecule has 2 unspecified atom stereocenters. The lowest BCUT2D eigenvalue weighted by atomic mass is 10.2. The van der Waals surface area contributed by atoms with Gasteiger partial charge in [-0.25, -0.2) is 0 Å². The molecule has 0 saturated heterocycles. The lowest BCUT2D eigenvalue weighted by Crippen LogP contribution is -2.36. The van der Waals surface area contributed by atoms with Crippen LogP contribution in [0.5, 0.6) is 0 Å². The first-order valence-electron chi connectivity index (χ1n) is 10.5. The molecule has 0 radical (unpaired) electrons. The van der Waals surface area contributed by atoms with Crippen LogP contribution >= 0.6 is 0 Å². The minimum Gasteiger partial charge on any atom is -0.392 e. The zero-order chi connectivity index (χ0) is 21.2. The first-order valence-corrected chi connectivity index (χ1v) is 10.5. The third kappa shape index (κ3) is 16.7. The molecule has 0 aliphatic heterocycles. The second-order valence-corrected chi connectivity index (χ2v) is 7.25. The Morgan fingerprint density at radius 2 is 1.39 bits per heavy atom. The van der Waals surface area contributed by atoms with Gasteiger partial charge in [0.1, 0.15) is 0 Å². The molecule has 0 rings (SSSR count). The maximum Gasteiger partial charge on any atom is 0.185 e. The molecule has 0 amide bonds. The third-order valence-electron chi connectivity index (χ3n) is 4.21. The van der Waals surface area contributed by atoms with Gasteiger partial charge in [0.15, 0.2) is 5.96 Å². The first kappa shape index (κ1) is 26.6. The van der Waals surface area contributed by atoms with Crippen LogP contribution < -0.4 is 11.5 Å². The standard InChI is InChI=1S/C21H43N5O2/c1-4-6-8-12-25(17-19(3)27)14-10-11-15-26(13-9-7-5-2)18-20(28)16-24-21(22)23/h6-9,19-20,27-28H,4-5,10-18H2,1-3H3,(H4,22,23,24). The largest absolute Gasteiger partial charge is 0.392 e. The lowest BCUT2D eigenvalue weighted by Gasteiger charge is -2.25. The van der Waals surface area contributed by atoms with Crippen molar-refractivity contribution in [2.75, 3.05) is 45.8 Å². The van der Waals surface area contributed by atoms with Crippen molar-refractivity contribution < 1.29 is 10.2 Å². The number of guanidine groups is 1. The molecule has 6 N–H and O–H groups in total. The van der Waals surface area contributed by atoms with Crippen LogP contribution in [0.15, 0.2) is 29.3 Å². The molecule has 164 valence electrons. The van der Waals surface area contributed by atoms with E-state index in [-0.39, 0.29) is 18.6 Å². The number of aliphatic imine (C=N–C) groups is 1. The van der Waals surface area contributed by atoms with Gasteiger partial charge in [0.2, 0.25) is 0 Å².